The van der Waals surface area contributed by atoms with Crippen molar-refractivity contribution in [1.82, 2.24) is 5.06 Å². The van der Waals surface area contributed by atoms with E-state index in [4.69, 9.17) is 4.84 Å². The molecule has 0 saturated carbocycles. The molecule has 0 aromatic heterocycles. The Bertz CT molecular complexity index is 343. The minimum Gasteiger partial charge on any atom is -0.274 e. The van der Waals surface area contributed by atoms with Gasteiger partial charge in [-0.1, -0.05) is 26.0 Å². The normalized spacial score (nSPS) is 10.6. The maximum Gasteiger partial charge on any atom is 0.277 e. The van der Waals surface area contributed by atoms with Crippen LogP contribution in [0.15, 0.2) is 24.3 Å². The van der Waals surface area contributed by atoms with Crippen molar-refractivity contribution >= 4 is 5.91 Å². The lowest BCUT2D eigenvalue weighted by atomic mass is 10.0. The van der Waals surface area contributed by atoms with Crippen LogP contribution in [0.3, 0.4) is 0 Å². The van der Waals surface area contributed by atoms with Crippen LogP contribution in [-0.2, 0) is 11.3 Å². The highest BCUT2D eigenvalue weighted by Gasteiger charge is 2.10. The summed E-state index contributed by atoms with van der Waals surface area (Å²) in [4.78, 5) is 16.6. The third kappa shape index (κ3) is 3.35. The molecule has 88 valence electrons. The van der Waals surface area contributed by atoms with Gasteiger partial charge in [-0.15, -0.1) is 0 Å². The van der Waals surface area contributed by atoms with Crippen molar-refractivity contribution in [3.63, 3.8) is 0 Å². The minimum absolute atomic E-state index is 0.126. The van der Waals surface area contributed by atoms with E-state index < -0.39 is 0 Å². The summed E-state index contributed by atoms with van der Waals surface area (Å²) in [5.74, 6) is 0.502. The smallest absolute Gasteiger partial charge is 0.274 e. The Morgan fingerprint density at radius 2 is 1.88 bits per heavy atom. The average Bonchev–Trinajstić information content (AvgIpc) is 2.27. The van der Waals surface area contributed by atoms with Gasteiger partial charge >= 0.3 is 0 Å². The molecule has 0 N–H and O–H groups in total. The quantitative estimate of drug-likeness (QED) is 0.731. The third-order valence-corrected chi connectivity index (χ3v) is 2.40. The number of hydroxylamine groups is 2. The van der Waals surface area contributed by atoms with Crippen LogP contribution in [0.4, 0.5) is 0 Å². The standard InChI is InChI=1S/C13H19NO2/c1-10(2)9-11-5-7-12(8-6-11)13(15)14(3)16-4/h5-8,10H,9H2,1-4H3. The molecule has 0 unspecified atom stereocenters. The van der Waals surface area contributed by atoms with E-state index in [0.29, 0.717) is 11.5 Å². The fraction of sp³-hybridized carbons (Fsp3) is 0.462. The zero-order valence-electron chi connectivity index (χ0n) is 10.4. The van der Waals surface area contributed by atoms with Gasteiger partial charge < -0.3 is 0 Å². The molecule has 0 aliphatic carbocycles. The lowest BCUT2D eigenvalue weighted by molar-refractivity contribution is -0.0756. The van der Waals surface area contributed by atoms with Gasteiger partial charge in [-0.25, -0.2) is 5.06 Å². The molecular weight excluding hydrogens is 202 g/mol. The van der Waals surface area contributed by atoms with E-state index in [9.17, 15) is 4.79 Å². The largest absolute Gasteiger partial charge is 0.277 e. The first-order valence-corrected chi connectivity index (χ1v) is 5.45. The van der Waals surface area contributed by atoms with Gasteiger partial charge in [0.25, 0.3) is 5.91 Å². The SMILES string of the molecule is CON(C)C(=O)c1ccc(CC(C)C)cc1. The highest BCUT2D eigenvalue weighted by atomic mass is 16.7. The fourth-order valence-electron chi connectivity index (χ4n) is 1.52. The van der Waals surface area contributed by atoms with Gasteiger partial charge in [-0.05, 0) is 30.0 Å². The Morgan fingerprint density at radius 1 is 1.31 bits per heavy atom. The molecule has 1 aromatic rings. The van der Waals surface area contributed by atoms with Crippen LogP contribution in [-0.4, -0.2) is 25.1 Å². The maximum absolute atomic E-state index is 11.7. The predicted octanol–water partition coefficient (Wildman–Crippen LogP) is 2.52. The zero-order valence-corrected chi connectivity index (χ0v) is 10.4. The lowest BCUT2D eigenvalue weighted by Gasteiger charge is -2.13. The molecule has 0 heterocycles. The summed E-state index contributed by atoms with van der Waals surface area (Å²) >= 11 is 0. The van der Waals surface area contributed by atoms with Crippen molar-refractivity contribution in [1.29, 1.82) is 0 Å². The van der Waals surface area contributed by atoms with Crippen molar-refractivity contribution in [3.05, 3.63) is 35.4 Å². The summed E-state index contributed by atoms with van der Waals surface area (Å²) in [5.41, 5.74) is 1.91. The van der Waals surface area contributed by atoms with Crippen molar-refractivity contribution in [2.75, 3.05) is 14.2 Å². The van der Waals surface area contributed by atoms with E-state index in [2.05, 4.69) is 13.8 Å². The van der Waals surface area contributed by atoms with Gasteiger partial charge in [0.05, 0.1) is 7.11 Å². The molecule has 0 aliphatic rings. The number of carbonyl (C=O) groups is 1. The van der Waals surface area contributed by atoms with Gasteiger partial charge in [0, 0.05) is 12.6 Å². The summed E-state index contributed by atoms with van der Waals surface area (Å²) in [7, 11) is 3.08. The molecule has 0 radical (unpaired) electrons. The summed E-state index contributed by atoms with van der Waals surface area (Å²) in [6.45, 7) is 4.36. The monoisotopic (exact) mass is 221 g/mol. The van der Waals surface area contributed by atoms with Gasteiger partial charge in [-0.2, -0.15) is 0 Å². The van der Waals surface area contributed by atoms with Crippen LogP contribution in [0.2, 0.25) is 0 Å². The van der Waals surface area contributed by atoms with Crippen molar-refractivity contribution < 1.29 is 9.63 Å². The van der Waals surface area contributed by atoms with Gasteiger partial charge in [-0.3, -0.25) is 9.63 Å². The third-order valence-electron chi connectivity index (χ3n) is 2.40. The van der Waals surface area contributed by atoms with Crippen LogP contribution in [0.5, 0.6) is 0 Å². The number of hydrogen-bond donors (Lipinski definition) is 0. The first kappa shape index (κ1) is 12.7. The van der Waals surface area contributed by atoms with E-state index in [0.717, 1.165) is 6.42 Å². The van der Waals surface area contributed by atoms with Crippen molar-refractivity contribution in [2.24, 2.45) is 5.92 Å². The van der Waals surface area contributed by atoms with E-state index in [-0.39, 0.29) is 5.91 Å². The Kier molecular flexibility index (Phi) is 4.50. The molecule has 0 fully saturated rings. The molecule has 0 aliphatic heterocycles. The van der Waals surface area contributed by atoms with E-state index in [1.54, 1.807) is 7.05 Å². The van der Waals surface area contributed by atoms with Crippen LogP contribution in [0, 0.1) is 5.92 Å². The number of benzene rings is 1. The molecule has 0 saturated heterocycles. The van der Waals surface area contributed by atoms with E-state index in [1.807, 2.05) is 24.3 Å². The second-order valence-corrected chi connectivity index (χ2v) is 4.28. The highest BCUT2D eigenvalue weighted by molar-refractivity contribution is 5.93. The summed E-state index contributed by atoms with van der Waals surface area (Å²) in [6, 6.07) is 7.68. The number of rotatable bonds is 4. The van der Waals surface area contributed by atoms with Gasteiger partial charge in [0.2, 0.25) is 0 Å². The van der Waals surface area contributed by atoms with Gasteiger partial charge in [0.1, 0.15) is 0 Å². The molecule has 0 atom stereocenters. The summed E-state index contributed by atoms with van der Waals surface area (Å²) < 4.78 is 0. The Balaban J connectivity index is 2.74. The Hall–Kier alpha value is -1.35. The number of hydrogen-bond acceptors (Lipinski definition) is 2. The molecule has 1 amide bonds. The second kappa shape index (κ2) is 5.66. The minimum atomic E-state index is -0.126. The average molecular weight is 221 g/mol. The molecule has 1 aromatic carbocycles. The lowest BCUT2D eigenvalue weighted by Crippen LogP contribution is -2.25. The molecule has 0 bridgehead atoms. The van der Waals surface area contributed by atoms with Crippen LogP contribution in [0.25, 0.3) is 0 Å². The number of carbonyl (C=O) groups excluding carboxylic acids is 1. The van der Waals surface area contributed by atoms with Crippen molar-refractivity contribution in [3.8, 4) is 0 Å². The van der Waals surface area contributed by atoms with Crippen LogP contribution >= 0.6 is 0 Å². The number of nitrogens with zero attached hydrogens (tertiary/aromatic N) is 1. The first-order chi connectivity index (χ1) is 7.54. The van der Waals surface area contributed by atoms with Crippen LogP contribution < -0.4 is 0 Å². The molecule has 16 heavy (non-hydrogen) atoms. The maximum atomic E-state index is 11.7. The second-order valence-electron chi connectivity index (χ2n) is 4.28. The summed E-state index contributed by atoms with van der Waals surface area (Å²) in [6.07, 6.45) is 1.04. The Morgan fingerprint density at radius 3 is 2.31 bits per heavy atom. The van der Waals surface area contributed by atoms with E-state index >= 15 is 0 Å². The molecule has 3 nitrogen and oxygen atoms in total. The first-order valence-electron chi connectivity index (χ1n) is 5.45. The van der Waals surface area contributed by atoms with Crippen molar-refractivity contribution in [2.45, 2.75) is 20.3 Å². The Labute approximate surface area is 97.0 Å². The summed E-state index contributed by atoms with van der Waals surface area (Å²) in [5, 5.41) is 1.22. The fourth-order valence-corrected chi connectivity index (χ4v) is 1.52. The van der Waals surface area contributed by atoms with E-state index in [1.165, 1.54) is 17.7 Å². The zero-order chi connectivity index (χ0) is 12.1. The molecule has 3 heteroatoms. The topological polar surface area (TPSA) is 29.5 Å². The molecule has 0 spiro atoms. The molecular formula is C13H19NO2. The molecule has 1 rings (SSSR count). The number of amides is 1. The predicted molar refractivity (Wildman–Crippen MR) is 64.1 cm³/mol. The highest BCUT2D eigenvalue weighted by Crippen LogP contribution is 2.11. The van der Waals surface area contributed by atoms with Gasteiger partial charge in [0.15, 0.2) is 0 Å². The van der Waals surface area contributed by atoms with Crippen LogP contribution in [0.1, 0.15) is 29.8 Å².